The first-order valence-corrected chi connectivity index (χ1v) is 19.7. The molecule has 2 heterocycles. The van der Waals surface area contributed by atoms with Gasteiger partial charge in [-0.05, 0) is 74.5 Å². The number of imidazole rings is 1. The zero-order valence-corrected chi connectivity index (χ0v) is 32.1. The van der Waals surface area contributed by atoms with Gasteiger partial charge in [0.05, 0.1) is 22.4 Å². The first kappa shape index (κ1) is 35.4. The van der Waals surface area contributed by atoms with Crippen LogP contribution in [0.2, 0.25) is 0 Å². The number of aliphatic imine (C=N–C) groups is 1. The van der Waals surface area contributed by atoms with Gasteiger partial charge in [0.1, 0.15) is 5.82 Å². The van der Waals surface area contributed by atoms with E-state index in [2.05, 4.69) is 155 Å². The lowest BCUT2D eigenvalue weighted by molar-refractivity contribution is 1.11. The predicted molar refractivity (Wildman–Crippen MR) is 245 cm³/mol. The van der Waals surface area contributed by atoms with Crippen LogP contribution in [0.3, 0.4) is 0 Å². The van der Waals surface area contributed by atoms with Gasteiger partial charge in [-0.15, -0.1) is 0 Å². The van der Waals surface area contributed by atoms with Gasteiger partial charge < -0.3 is 5.41 Å². The highest BCUT2D eigenvalue weighted by atomic mass is 15.1. The highest BCUT2D eigenvalue weighted by Gasteiger charge is 2.20. The van der Waals surface area contributed by atoms with Crippen LogP contribution in [0.4, 0.5) is 0 Å². The van der Waals surface area contributed by atoms with Crippen LogP contribution in [-0.2, 0) is 0 Å². The van der Waals surface area contributed by atoms with E-state index in [1.807, 2.05) is 60.8 Å². The first-order valence-electron chi connectivity index (χ1n) is 19.7. The summed E-state index contributed by atoms with van der Waals surface area (Å²) in [6.45, 7) is 0. The smallest absolute Gasteiger partial charge is 0.145 e. The molecular formula is C54H37N5. The van der Waals surface area contributed by atoms with Gasteiger partial charge in [0, 0.05) is 46.2 Å². The summed E-state index contributed by atoms with van der Waals surface area (Å²) >= 11 is 0. The Bertz CT molecular complexity index is 3180. The van der Waals surface area contributed by atoms with Crippen molar-refractivity contribution in [3.63, 3.8) is 0 Å². The van der Waals surface area contributed by atoms with Crippen molar-refractivity contribution in [1.82, 2.24) is 14.5 Å². The Kier molecular flexibility index (Phi) is 9.29. The van der Waals surface area contributed by atoms with Gasteiger partial charge in [-0.25, -0.2) is 4.98 Å². The second-order valence-corrected chi connectivity index (χ2v) is 14.5. The van der Waals surface area contributed by atoms with Crippen LogP contribution in [0.1, 0.15) is 16.7 Å². The van der Waals surface area contributed by atoms with E-state index in [0.29, 0.717) is 11.4 Å². The van der Waals surface area contributed by atoms with Crippen molar-refractivity contribution in [1.29, 1.82) is 5.41 Å². The normalized spacial score (nSPS) is 11.8. The summed E-state index contributed by atoms with van der Waals surface area (Å²) in [5.74, 6) is 0.897. The topological polar surface area (TPSA) is 66.9 Å². The standard InChI is InChI=1S/C54H37N5/c55-50(41-26-22-39(23-27-41)38-12-3-1-4-13-38)35-51(57-36-37-30-32-56-33-31-37)42-28-24-40(25-29-42)44-16-11-17-45(34-44)59-53-49-21-10-8-19-47(49)46-18-7-9-20-48(46)52(53)58-54(59)43-14-5-2-6-15-43/h1-36,55H/b51-35-,55-50?,57-36?. The fraction of sp³-hybridized carbons (Fsp3) is 0. The predicted octanol–water partition coefficient (Wildman–Crippen LogP) is 13.3. The van der Waals surface area contributed by atoms with Gasteiger partial charge in [-0.1, -0.05) is 170 Å². The molecule has 0 aliphatic carbocycles. The lowest BCUT2D eigenvalue weighted by Gasteiger charge is -2.14. The number of hydrogen-bond donors (Lipinski definition) is 1. The average Bonchev–Trinajstić information content (AvgIpc) is 3.73. The molecule has 0 spiro atoms. The first-order chi connectivity index (χ1) is 29.2. The zero-order valence-electron chi connectivity index (χ0n) is 32.1. The number of allylic oxidation sites excluding steroid dienone is 1. The van der Waals surface area contributed by atoms with E-state index in [1.54, 1.807) is 12.4 Å². The second-order valence-electron chi connectivity index (χ2n) is 14.5. The molecule has 0 fully saturated rings. The fourth-order valence-electron chi connectivity index (χ4n) is 7.88. The Morgan fingerprint density at radius 2 is 1.03 bits per heavy atom. The van der Waals surface area contributed by atoms with Crippen molar-refractivity contribution < 1.29 is 0 Å². The number of rotatable bonds is 9. The van der Waals surface area contributed by atoms with E-state index in [0.717, 1.165) is 77.8 Å². The summed E-state index contributed by atoms with van der Waals surface area (Å²) in [7, 11) is 0. The Balaban J connectivity index is 1.04. The van der Waals surface area contributed by atoms with Gasteiger partial charge in [-0.2, -0.15) is 0 Å². The summed E-state index contributed by atoms with van der Waals surface area (Å²) in [6, 6.07) is 67.1. The molecule has 1 N–H and O–H groups in total. The third-order valence-corrected chi connectivity index (χ3v) is 10.8. The van der Waals surface area contributed by atoms with Crippen LogP contribution in [-0.4, -0.2) is 26.5 Å². The maximum atomic E-state index is 9.10. The summed E-state index contributed by atoms with van der Waals surface area (Å²) in [4.78, 5) is 14.5. The van der Waals surface area contributed by atoms with Crippen molar-refractivity contribution >= 4 is 50.2 Å². The molecule has 278 valence electrons. The Hall–Kier alpha value is -8.02. The van der Waals surface area contributed by atoms with Crippen LogP contribution in [0.15, 0.2) is 218 Å². The molecule has 0 saturated heterocycles. The molecule has 0 aliphatic rings. The minimum absolute atomic E-state index is 0.380. The highest BCUT2D eigenvalue weighted by molar-refractivity contribution is 6.24. The van der Waals surface area contributed by atoms with E-state index in [-0.39, 0.29) is 0 Å². The largest absolute Gasteiger partial charge is 0.300 e. The number of nitrogens with one attached hydrogen (secondary N) is 1. The number of fused-ring (bicyclic) bond motifs is 6. The van der Waals surface area contributed by atoms with Crippen LogP contribution in [0, 0.1) is 5.41 Å². The molecule has 0 aliphatic heterocycles. The van der Waals surface area contributed by atoms with Crippen molar-refractivity contribution in [3.8, 4) is 39.3 Å². The fourth-order valence-corrected chi connectivity index (χ4v) is 7.88. The van der Waals surface area contributed by atoms with E-state index in [9.17, 15) is 0 Å². The summed E-state index contributed by atoms with van der Waals surface area (Å²) in [5, 5.41) is 13.8. The molecular weight excluding hydrogens is 719 g/mol. The molecule has 59 heavy (non-hydrogen) atoms. The van der Waals surface area contributed by atoms with E-state index in [1.165, 1.54) is 10.8 Å². The maximum Gasteiger partial charge on any atom is 0.145 e. The Morgan fingerprint density at radius 1 is 0.492 bits per heavy atom. The number of nitrogens with zero attached hydrogens (tertiary/aromatic N) is 4. The van der Waals surface area contributed by atoms with Crippen LogP contribution in [0.5, 0.6) is 0 Å². The minimum Gasteiger partial charge on any atom is -0.300 e. The van der Waals surface area contributed by atoms with E-state index < -0.39 is 0 Å². The zero-order chi connectivity index (χ0) is 39.5. The molecule has 2 aromatic heterocycles. The van der Waals surface area contributed by atoms with E-state index >= 15 is 0 Å². The number of pyridine rings is 1. The number of aromatic nitrogens is 3. The minimum atomic E-state index is 0.380. The molecule has 8 aromatic carbocycles. The summed E-state index contributed by atoms with van der Waals surface area (Å²) in [5.41, 5.74) is 12.3. The molecule has 0 unspecified atom stereocenters. The summed E-state index contributed by atoms with van der Waals surface area (Å²) in [6.07, 6.45) is 7.17. The van der Waals surface area contributed by atoms with Gasteiger partial charge in [0.25, 0.3) is 0 Å². The van der Waals surface area contributed by atoms with Crippen LogP contribution in [0.25, 0.3) is 77.6 Å². The highest BCUT2D eigenvalue weighted by Crippen LogP contribution is 2.39. The Labute approximate surface area is 342 Å². The SMILES string of the molecule is N=C(/C=C(\N=Cc1ccncc1)c1ccc(-c2cccc(-n3c(-c4ccccc4)nc4c5ccccc5c5ccccc5c43)c2)cc1)c1ccc(-c2ccccc2)cc1. The van der Waals surface area contributed by atoms with Crippen LogP contribution < -0.4 is 0 Å². The second kappa shape index (κ2) is 15.5. The number of hydrogen-bond acceptors (Lipinski definition) is 4. The number of benzene rings is 8. The average molecular weight is 756 g/mol. The third-order valence-electron chi connectivity index (χ3n) is 10.8. The molecule has 0 atom stereocenters. The summed E-state index contributed by atoms with van der Waals surface area (Å²) < 4.78 is 2.32. The van der Waals surface area contributed by atoms with Crippen molar-refractivity contribution in [3.05, 3.63) is 229 Å². The quantitative estimate of drug-likeness (QED) is 0.118. The molecule has 5 nitrogen and oxygen atoms in total. The van der Waals surface area contributed by atoms with Crippen molar-refractivity contribution in [2.24, 2.45) is 4.99 Å². The molecule has 0 amide bonds. The molecule has 0 radical (unpaired) electrons. The monoisotopic (exact) mass is 755 g/mol. The maximum absolute atomic E-state index is 9.10. The van der Waals surface area contributed by atoms with Crippen LogP contribution >= 0.6 is 0 Å². The lowest BCUT2D eigenvalue weighted by atomic mass is 9.99. The van der Waals surface area contributed by atoms with Gasteiger partial charge >= 0.3 is 0 Å². The Morgan fingerprint density at radius 3 is 1.73 bits per heavy atom. The lowest BCUT2D eigenvalue weighted by Crippen LogP contribution is -1.99. The molecule has 5 heteroatoms. The molecule has 0 bridgehead atoms. The molecule has 10 aromatic rings. The van der Waals surface area contributed by atoms with E-state index in [4.69, 9.17) is 15.4 Å². The van der Waals surface area contributed by atoms with Gasteiger partial charge in [0.15, 0.2) is 0 Å². The third kappa shape index (κ3) is 6.92. The molecule has 10 rings (SSSR count). The van der Waals surface area contributed by atoms with Gasteiger partial charge in [0.2, 0.25) is 0 Å². The van der Waals surface area contributed by atoms with Gasteiger partial charge in [-0.3, -0.25) is 14.5 Å². The van der Waals surface area contributed by atoms with Crippen molar-refractivity contribution in [2.45, 2.75) is 0 Å². The molecule has 0 saturated carbocycles. The van der Waals surface area contributed by atoms with Crippen molar-refractivity contribution in [2.75, 3.05) is 0 Å².